The SMILES string of the molecule is Cc1ccc(S(=O)(=O)N2CCOCC2)cc1C(=O)OCC(=O)Nc1nc(-c2ccc(F)cc2)cs1. The van der Waals surface area contributed by atoms with Crippen molar-refractivity contribution in [2.24, 2.45) is 0 Å². The number of benzene rings is 2. The van der Waals surface area contributed by atoms with Gasteiger partial charge < -0.3 is 9.47 Å². The van der Waals surface area contributed by atoms with Gasteiger partial charge in [-0.2, -0.15) is 4.31 Å². The molecule has 4 rings (SSSR count). The highest BCUT2D eigenvalue weighted by Gasteiger charge is 2.27. The number of thiazole rings is 1. The number of aromatic nitrogens is 1. The number of hydrogen-bond acceptors (Lipinski definition) is 8. The second-order valence-corrected chi connectivity index (χ2v) is 10.5. The number of esters is 1. The molecule has 9 nitrogen and oxygen atoms in total. The second kappa shape index (κ2) is 10.6. The molecule has 1 fully saturated rings. The third kappa shape index (κ3) is 5.90. The molecule has 184 valence electrons. The molecule has 0 atom stereocenters. The van der Waals surface area contributed by atoms with Crippen molar-refractivity contribution in [3.63, 3.8) is 0 Å². The molecule has 0 spiro atoms. The maximum Gasteiger partial charge on any atom is 0.338 e. The van der Waals surface area contributed by atoms with Gasteiger partial charge in [0.15, 0.2) is 11.7 Å². The lowest BCUT2D eigenvalue weighted by Gasteiger charge is -2.26. The minimum Gasteiger partial charge on any atom is -0.452 e. The Balaban J connectivity index is 1.38. The second-order valence-electron chi connectivity index (χ2n) is 7.66. The highest BCUT2D eigenvalue weighted by Crippen LogP contribution is 2.25. The predicted molar refractivity (Wildman–Crippen MR) is 127 cm³/mol. The molecule has 2 heterocycles. The average molecular weight is 520 g/mol. The van der Waals surface area contributed by atoms with E-state index in [1.54, 1.807) is 24.4 Å². The van der Waals surface area contributed by atoms with Crippen LogP contribution in [0.5, 0.6) is 0 Å². The van der Waals surface area contributed by atoms with Crippen molar-refractivity contribution in [2.45, 2.75) is 11.8 Å². The number of aryl methyl sites for hydroxylation is 1. The van der Waals surface area contributed by atoms with E-state index < -0.39 is 28.5 Å². The molecule has 1 aliphatic rings. The standard InChI is InChI=1S/C23H22FN3O6S2/c1-15-2-7-18(35(30,31)27-8-10-32-11-9-27)12-19(15)22(29)33-13-21(28)26-23-25-20(14-34-23)16-3-5-17(24)6-4-16/h2-7,12,14H,8-11,13H2,1H3,(H,25,26,28). The molecule has 0 saturated carbocycles. The molecule has 1 aromatic heterocycles. The van der Waals surface area contributed by atoms with Gasteiger partial charge >= 0.3 is 5.97 Å². The zero-order valence-corrected chi connectivity index (χ0v) is 20.3. The summed E-state index contributed by atoms with van der Waals surface area (Å²) in [5, 5.41) is 4.55. The van der Waals surface area contributed by atoms with Crippen molar-refractivity contribution >= 4 is 38.4 Å². The number of nitrogens with zero attached hydrogens (tertiary/aromatic N) is 2. The van der Waals surface area contributed by atoms with Gasteiger partial charge in [-0.25, -0.2) is 22.6 Å². The molecule has 12 heteroatoms. The van der Waals surface area contributed by atoms with Gasteiger partial charge in [-0.1, -0.05) is 6.07 Å². The van der Waals surface area contributed by atoms with E-state index in [1.165, 1.54) is 46.0 Å². The van der Waals surface area contributed by atoms with E-state index in [1.807, 2.05) is 0 Å². The third-order valence-electron chi connectivity index (χ3n) is 5.26. The number of amides is 1. The van der Waals surface area contributed by atoms with Gasteiger partial charge in [0.1, 0.15) is 5.82 Å². The lowest BCUT2D eigenvalue weighted by atomic mass is 10.1. The minimum absolute atomic E-state index is 0.0301. The van der Waals surface area contributed by atoms with Gasteiger partial charge in [-0.15, -0.1) is 11.3 Å². The van der Waals surface area contributed by atoms with Crippen LogP contribution in [0.4, 0.5) is 9.52 Å². The zero-order chi connectivity index (χ0) is 25.0. The predicted octanol–water partition coefficient (Wildman–Crippen LogP) is 3.07. The van der Waals surface area contributed by atoms with Crippen molar-refractivity contribution in [1.82, 2.24) is 9.29 Å². The van der Waals surface area contributed by atoms with Crippen molar-refractivity contribution in [3.05, 3.63) is 64.8 Å². The van der Waals surface area contributed by atoms with Crippen molar-refractivity contribution in [3.8, 4) is 11.3 Å². The number of nitrogens with one attached hydrogen (secondary N) is 1. The molecule has 1 amide bonds. The molecule has 0 bridgehead atoms. The van der Waals surface area contributed by atoms with Gasteiger partial charge in [0, 0.05) is 24.0 Å². The van der Waals surface area contributed by atoms with Gasteiger partial charge in [-0.05, 0) is 48.9 Å². The van der Waals surface area contributed by atoms with Crippen molar-refractivity contribution in [1.29, 1.82) is 0 Å². The Labute approximate surface area is 205 Å². The smallest absolute Gasteiger partial charge is 0.338 e. The van der Waals surface area contributed by atoms with Crippen LogP contribution in [-0.2, 0) is 24.3 Å². The molecule has 0 aliphatic carbocycles. The number of ether oxygens (including phenoxy) is 2. The molecule has 1 aliphatic heterocycles. The van der Waals surface area contributed by atoms with E-state index in [-0.39, 0.29) is 29.4 Å². The first-order valence-electron chi connectivity index (χ1n) is 10.6. The average Bonchev–Trinajstić information content (AvgIpc) is 3.32. The van der Waals surface area contributed by atoms with Crippen LogP contribution in [-0.4, -0.2) is 62.5 Å². The van der Waals surface area contributed by atoms with Crippen molar-refractivity contribution < 1.29 is 31.9 Å². The lowest BCUT2D eigenvalue weighted by molar-refractivity contribution is -0.119. The van der Waals surface area contributed by atoms with E-state index in [9.17, 15) is 22.4 Å². The molecule has 0 radical (unpaired) electrons. The van der Waals surface area contributed by atoms with Crippen LogP contribution in [0, 0.1) is 12.7 Å². The topological polar surface area (TPSA) is 115 Å². The Kier molecular flexibility index (Phi) is 7.55. The first-order valence-corrected chi connectivity index (χ1v) is 12.9. The summed E-state index contributed by atoms with van der Waals surface area (Å²) in [6, 6.07) is 10.0. The van der Waals surface area contributed by atoms with Gasteiger partial charge in [0.2, 0.25) is 10.0 Å². The number of morpholine rings is 1. The molecule has 35 heavy (non-hydrogen) atoms. The van der Waals surface area contributed by atoms with Crippen LogP contribution in [0.15, 0.2) is 52.7 Å². The zero-order valence-electron chi connectivity index (χ0n) is 18.7. The number of rotatable bonds is 7. The summed E-state index contributed by atoms with van der Waals surface area (Å²) in [5.74, 6) is -1.78. The molecule has 0 unspecified atom stereocenters. The summed E-state index contributed by atoms with van der Waals surface area (Å²) in [4.78, 5) is 29.1. The maximum absolute atomic E-state index is 13.1. The minimum atomic E-state index is -3.79. The molecular weight excluding hydrogens is 497 g/mol. The Morgan fingerprint density at radius 2 is 1.89 bits per heavy atom. The van der Waals surface area contributed by atoms with E-state index in [0.717, 1.165) is 0 Å². The van der Waals surface area contributed by atoms with Crippen LogP contribution >= 0.6 is 11.3 Å². The van der Waals surface area contributed by atoms with Gasteiger partial charge in [-0.3, -0.25) is 10.1 Å². The van der Waals surface area contributed by atoms with Crippen LogP contribution in [0.3, 0.4) is 0 Å². The number of carbonyl (C=O) groups excluding carboxylic acids is 2. The molecule has 1 saturated heterocycles. The Bertz CT molecular complexity index is 1340. The summed E-state index contributed by atoms with van der Waals surface area (Å²) in [7, 11) is -3.79. The van der Waals surface area contributed by atoms with E-state index >= 15 is 0 Å². The summed E-state index contributed by atoms with van der Waals surface area (Å²) in [6.07, 6.45) is 0. The summed E-state index contributed by atoms with van der Waals surface area (Å²) < 4.78 is 50.5. The summed E-state index contributed by atoms with van der Waals surface area (Å²) >= 11 is 1.17. The van der Waals surface area contributed by atoms with Crippen molar-refractivity contribution in [2.75, 3.05) is 38.2 Å². The van der Waals surface area contributed by atoms with E-state index in [0.29, 0.717) is 35.2 Å². The summed E-state index contributed by atoms with van der Waals surface area (Å²) in [6.45, 7) is 2.14. The maximum atomic E-state index is 13.1. The first-order chi connectivity index (χ1) is 16.7. The largest absolute Gasteiger partial charge is 0.452 e. The molecule has 2 aromatic carbocycles. The molecule has 1 N–H and O–H groups in total. The number of carbonyl (C=O) groups is 2. The highest BCUT2D eigenvalue weighted by atomic mass is 32.2. The fourth-order valence-electron chi connectivity index (χ4n) is 3.37. The monoisotopic (exact) mass is 519 g/mol. The number of hydrogen-bond donors (Lipinski definition) is 1. The first kappa shape index (κ1) is 24.9. The Hall–Kier alpha value is -3.19. The summed E-state index contributed by atoms with van der Waals surface area (Å²) in [5.41, 5.74) is 1.83. The fraction of sp³-hybridized carbons (Fsp3) is 0.261. The van der Waals surface area contributed by atoms with Gasteiger partial charge in [0.25, 0.3) is 5.91 Å². The Morgan fingerprint density at radius 3 is 2.60 bits per heavy atom. The van der Waals surface area contributed by atoms with Crippen LogP contribution in [0.25, 0.3) is 11.3 Å². The quantitative estimate of drug-likeness (QED) is 0.477. The van der Waals surface area contributed by atoms with Crippen LogP contribution in [0.1, 0.15) is 15.9 Å². The Morgan fingerprint density at radius 1 is 1.17 bits per heavy atom. The molecule has 3 aromatic rings. The van der Waals surface area contributed by atoms with Crippen LogP contribution < -0.4 is 5.32 Å². The fourth-order valence-corrected chi connectivity index (χ4v) is 5.54. The third-order valence-corrected chi connectivity index (χ3v) is 7.91. The highest BCUT2D eigenvalue weighted by molar-refractivity contribution is 7.89. The van der Waals surface area contributed by atoms with Crippen LogP contribution in [0.2, 0.25) is 0 Å². The molecular formula is C23H22FN3O6S2. The normalized spacial score (nSPS) is 14.5. The number of sulfonamides is 1. The van der Waals surface area contributed by atoms with E-state index in [4.69, 9.17) is 9.47 Å². The van der Waals surface area contributed by atoms with E-state index in [2.05, 4.69) is 10.3 Å². The number of anilines is 1. The van der Waals surface area contributed by atoms with Gasteiger partial charge in [0.05, 0.1) is 29.4 Å². The number of halogens is 1. The lowest BCUT2D eigenvalue weighted by Crippen LogP contribution is -2.40.